The van der Waals surface area contributed by atoms with Crippen LogP contribution < -0.4 is 5.73 Å². The number of hydrogen-bond acceptors (Lipinski definition) is 1. The van der Waals surface area contributed by atoms with Gasteiger partial charge >= 0.3 is 0 Å². The van der Waals surface area contributed by atoms with Crippen LogP contribution in [0.1, 0.15) is 31.0 Å². The van der Waals surface area contributed by atoms with Crippen molar-refractivity contribution in [2.24, 2.45) is 11.7 Å². The zero-order valence-corrected chi connectivity index (χ0v) is 9.27. The van der Waals surface area contributed by atoms with Crippen molar-refractivity contribution in [2.45, 2.75) is 26.8 Å². The van der Waals surface area contributed by atoms with Gasteiger partial charge in [0.1, 0.15) is 0 Å². The van der Waals surface area contributed by atoms with E-state index in [1.807, 2.05) is 0 Å². The Morgan fingerprint density at radius 1 is 1.08 bits per heavy atom. The molecule has 0 bridgehead atoms. The van der Waals surface area contributed by atoms with Gasteiger partial charge in [-0.2, -0.15) is 0 Å². The maximum atomic E-state index is 5.99. The van der Waals surface area contributed by atoms with Crippen molar-refractivity contribution in [1.29, 1.82) is 0 Å². The first kappa shape index (κ1) is 12.5. The van der Waals surface area contributed by atoms with Gasteiger partial charge < -0.3 is 5.73 Å². The normalized spacial score (nSPS) is 12.4. The molecule has 0 radical (unpaired) electrons. The van der Waals surface area contributed by atoms with Crippen LogP contribution in [0.4, 0.5) is 0 Å². The van der Waals surface area contributed by atoms with Gasteiger partial charge in [0.25, 0.3) is 0 Å². The molecule has 0 spiro atoms. The van der Waals surface area contributed by atoms with Gasteiger partial charge in [-0.05, 0) is 18.4 Å². The van der Waals surface area contributed by atoms with E-state index in [2.05, 4.69) is 45.0 Å². The average molecular weight is 200 g/mol. The third-order valence-electron chi connectivity index (χ3n) is 2.18. The second-order valence-corrected chi connectivity index (χ2v) is 3.68. The van der Waals surface area contributed by atoms with E-state index >= 15 is 0 Å². The van der Waals surface area contributed by atoms with Gasteiger partial charge in [0, 0.05) is 6.04 Å². The van der Waals surface area contributed by atoms with Gasteiger partial charge in [-0.1, -0.05) is 43.7 Å². The molecule has 0 fully saturated rings. The molecule has 0 saturated carbocycles. The Balaban J connectivity index is 0.00000144. The van der Waals surface area contributed by atoms with Crippen LogP contribution in [0.25, 0.3) is 0 Å². The van der Waals surface area contributed by atoms with Crippen LogP contribution in [-0.4, -0.2) is 0 Å². The predicted molar refractivity (Wildman–Crippen MR) is 60.2 cm³/mol. The summed E-state index contributed by atoms with van der Waals surface area (Å²) >= 11 is 0. The van der Waals surface area contributed by atoms with E-state index in [9.17, 15) is 0 Å². The van der Waals surface area contributed by atoms with Gasteiger partial charge in [0.15, 0.2) is 0 Å². The second-order valence-electron chi connectivity index (χ2n) is 3.68. The second kappa shape index (κ2) is 5.25. The molecule has 1 aromatic rings. The molecule has 1 aromatic carbocycles. The fourth-order valence-electron chi connectivity index (χ4n) is 1.17. The highest BCUT2D eigenvalue weighted by atomic mass is 35.5. The fourth-order valence-corrected chi connectivity index (χ4v) is 1.17. The fraction of sp³-hybridized carbons (Fsp3) is 0.455. The highest BCUT2D eigenvalue weighted by molar-refractivity contribution is 5.85. The third-order valence-corrected chi connectivity index (χ3v) is 2.18. The molecule has 0 aromatic heterocycles. The van der Waals surface area contributed by atoms with Gasteiger partial charge in [-0.15, -0.1) is 12.4 Å². The highest BCUT2D eigenvalue weighted by Gasteiger charge is 2.08. The topological polar surface area (TPSA) is 26.0 Å². The van der Waals surface area contributed by atoms with E-state index in [0.717, 1.165) is 0 Å². The highest BCUT2D eigenvalue weighted by Crippen LogP contribution is 2.18. The van der Waals surface area contributed by atoms with E-state index < -0.39 is 0 Å². The number of nitrogens with two attached hydrogens (primary N) is 1. The van der Waals surface area contributed by atoms with Gasteiger partial charge in [0.2, 0.25) is 0 Å². The minimum absolute atomic E-state index is 0. The number of halogens is 1. The Morgan fingerprint density at radius 3 is 1.92 bits per heavy atom. The van der Waals surface area contributed by atoms with Gasteiger partial charge in [-0.25, -0.2) is 0 Å². The summed E-state index contributed by atoms with van der Waals surface area (Å²) in [6, 6.07) is 8.61. The summed E-state index contributed by atoms with van der Waals surface area (Å²) in [6.07, 6.45) is 0. The minimum atomic E-state index is 0. The van der Waals surface area contributed by atoms with Crippen molar-refractivity contribution < 1.29 is 0 Å². The summed E-state index contributed by atoms with van der Waals surface area (Å²) in [5, 5.41) is 0. The van der Waals surface area contributed by atoms with Crippen molar-refractivity contribution >= 4 is 12.4 Å². The van der Waals surface area contributed by atoms with E-state index in [0.29, 0.717) is 5.92 Å². The lowest BCUT2D eigenvalue weighted by atomic mass is 9.96. The van der Waals surface area contributed by atoms with E-state index in [1.165, 1.54) is 11.1 Å². The van der Waals surface area contributed by atoms with Crippen LogP contribution in [0.15, 0.2) is 24.3 Å². The molecule has 74 valence electrons. The smallest absolute Gasteiger partial charge is 0.0318 e. The van der Waals surface area contributed by atoms with E-state index in [-0.39, 0.29) is 18.4 Å². The standard InChI is InChI=1S/C11H17N.ClH/c1-8(2)11(12)10-6-4-9(3)5-7-10;/h4-8,11H,12H2,1-3H3;1H. The molecule has 1 atom stereocenters. The maximum absolute atomic E-state index is 5.99. The summed E-state index contributed by atoms with van der Waals surface area (Å²) in [4.78, 5) is 0. The quantitative estimate of drug-likeness (QED) is 0.779. The molecule has 1 nitrogen and oxygen atoms in total. The molecule has 0 heterocycles. The lowest BCUT2D eigenvalue weighted by Gasteiger charge is -2.15. The first-order valence-electron chi connectivity index (χ1n) is 4.43. The molecule has 1 rings (SSSR count). The summed E-state index contributed by atoms with van der Waals surface area (Å²) in [5.74, 6) is 0.507. The van der Waals surface area contributed by atoms with Crippen LogP contribution >= 0.6 is 12.4 Å². The molecule has 13 heavy (non-hydrogen) atoms. The van der Waals surface area contributed by atoms with Crippen LogP contribution in [0.5, 0.6) is 0 Å². The SMILES string of the molecule is Cc1ccc(C(N)C(C)C)cc1.Cl. The monoisotopic (exact) mass is 199 g/mol. The average Bonchev–Trinajstić information content (AvgIpc) is 2.04. The van der Waals surface area contributed by atoms with Crippen molar-refractivity contribution in [2.75, 3.05) is 0 Å². The van der Waals surface area contributed by atoms with Crippen LogP contribution in [-0.2, 0) is 0 Å². The van der Waals surface area contributed by atoms with Crippen LogP contribution in [0.3, 0.4) is 0 Å². The van der Waals surface area contributed by atoms with Crippen molar-refractivity contribution in [3.8, 4) is 0 Å². The number of aryl methyl sites for hydroxylation is 1. The lowest BCUT2D eigenvalue weighted by molar-refractivity contribution is 0.514. The Labute approximate surface area is 86.7 Å². The van der Waals surface area contributed by atoms with E-state index in [4.69, 9.17) is 5.73 Å². The largest absolute Gasteiger partial charge is 0.324 e. The molecular weight excluding hydrogens is 182 g/mol. The molecule has 2 N–H and O–H groups in total. The van der Waals surface area contributed by atoms with Crippen LogP contribution in [0, 0.1) is 12.8 Å². The Hall–Kier alpha value is -0.530. The van der Waals surface area contributed by atoms with Crippen molar-refractivity contribution in [3.05, 3.63) is 35.4 Å². The number of benzene rings is 1. The number of hydrogen-bond donors (Lipinski definition) is 1. The Kier molecular flexibility index (Phi) is 5.04. The zero-order valence-electron chi connectivity index (χ0n) is 8.45. The molecule has 0 aliphatic carbocycles. The predicted octanol–water partition coefficient (Wildman–Crippen LogP) is 3.07. The Morgan fingerprint density at radius 2 is 1.54 bits per heavy atom. The molecule has 0 amide bonds. The summed E-state index contributed by atoms with van der Waals surface area (Å²) in [5.41, 5.74) is 8.51. The Bertz CT molecular complexity index is 241. The molecule has 0 saturated heterocycles. The first-order chi connectivity index (χ1) is 5.61. The zero-order chi connectivity index (χ0) is 9.14. The van der Waals surface area contributed by atoms with Crippen LogP contribution in [0.2, 0.25) is 0 Å². The van der Waals surface area contributed by atoms with Crippen molar-refractivity contribution in [1.82, 2.24) is 0 Å². The molecule has 2 heteroatoms. The maximum Gasteiger partial charge on any atom is 0.0318 e. The van der Waals surface area contributed by atoms with Crippen molar-refractivity contribution in [3.63, 3.8) is 0 Å². The number of rotatable bonds is 2. The molecule has 0 aliphatic rings. The summed E-state index contributed by atoms with van der Waals surface area (Å²) < 4.78 is 0. The molecular formula is C11H18ClN. The molecule has 0 aliphatic heterocycles. The first-order valence-corrected chi connectivity index (χ1v) is 4.43. The summed E-state index contributed by atoms with van der Waals surface area (Å²) in [7, 11) is 0. The van der Waals surface area contributed by atoms with E-state index in [1.54, 1.807) is 0 Å². The lowest BCUT2D eigenvalue weighted by Crippen LogP contribution is -2.16. The third kappa shape index (κ3) is 3.37. The molecule has 1 unspecified atom stereocenters. The van der Waals surface area contributed by atoms with Gasteiger partial charge in [0.05, 0.1) is 0 Å². The minimum Gasteiger partial charge on any atom is -0.324 e. The summed E-state index contributed by atoms with van der Waals surface area (Å²) in [6.45, 7) is 6.37. The van der Waals surface area contributed by atoms with Gasteiger partial charge in [-0.3, -0.25) is 0 Å².